The van der Waals surface area contributed by atoms with Crippen LogP contribution in [0.1, 0.15) is 16.1 Å². The molecule has 0 aliphatic carbocycles. The van der Waals surface area contributed by atoms with Gasteiger partial charge in [0.15, 0.2) is 5.92 Å². The summed E-state index contributed by atoms with van der Waals surface area (Å²) in [7, 11) is 0. The van der Waals surface area contributed by atoms with Crippen LogP contribution in [-0.4, -0.2) is 21.5 Å². The molecule has 0 saturated carbocycles. The Morgan fingerprint density at radius 2 is 1.82 bits per heavy atom. The highest BCUT2D eigenvalue weighted by atomic mass is 35.5. The van der Waals surface area contributed by atoms with E-state index < -0.39 is 17.6 Å². The summed E-state index contributed by atoms with van der Waals surface area (Å²) in [6.07, 6.45) is 0. The van der Waals surface area contributed by atoms with Crippen molar-refractivity contribution in [3.63, 3.8) is 0 Å². The van der Waals surface area contributed by atoms with Gasteiger partial charge in [0.2, 0.25) is 11.7 Å². The first-order valence-corrected chi connectivity index (χ1v) is 11.8. The molecule has 5 rings (SSSR count). The number of benzene rings is 3. The Hall–Kier alpha value is -3.86. The van der Waals surface area contributed by atoms with Crippen molar-refractivity contribution in [1.29, 1.82) is 5.26 Å². The van der Waals surface area contributed by atoms with Gasteiger partial charge in [-0.2, -0.15) is 10.4 Å². The molecule has 4 aromatic rings. The van der Waals surface area contributed by atoms with E-state index in [0.717, 1.165) is 21.8 Å². The molecule has 0 fully saturated rings. The highest BCUT2D eigenvalue weighted by Gasteiger charge is 2.35. The minimum Gasteiger partial charge on any atom is -0.324 e. The van der Waals surface area contributed by atoms with Crippen LogP contribution in [0.5, 0.6) is 0 Å². The Morgan fingerprint density at radius 3 is 2.59 bits per heavy atom. The molecule has 3 aromatic carbocycles. The number of fused-ring (bicyclic) bond motifs is 3. The highest BCUT2D eigenvalue weighted by molar-refractivity contribution is 7.98. The third kappa shape index (κ3) is 3.98. The van der Waals surface area contributed by atoms with E-state index in [9.17, 15) is 14.9 Å². The Morgan fingerprint density at radius 1 is 1.06 bits per heavy atom. The van der Waals surface area contributed by atoms with Crippen molar-refractivity contribution in [2.75, 3.05) is 5.32 Å². The maximum Gasteiger partial charge on any atom is 0.249 e. The first kappa shape index (κ1) is 22.0. The van der Waals surface area contributed by atoms with Crippen LogP contribution in [0.4, 0.5) is 5.69 Å². The average Bonchev–Trinajstić information content (AvgIpc) is 3.25. The maximum atomic E-state index is 13.5. The number of carbonyl (C=O) groups is 2. The topological polar surface area (TPSA) is 87.8 Å². The lowest BCUT2D eigenvalue weighted by atomic mass is 9.97. The van der Waals surface area contributed by atoms with E-state index in [1.165, 1.54) is 0 Å². The number of anilines is 1. The van der Waals surface area contributed by atoms with Crippen LogP contribution in [0, 0.1) is 17.2 Å². The molecule has 1 unspecified atom stereocenters. The second-order valence-corrected chi connectivity index (χ2v) is 9.09. The summed E-state index contributed by atoms with van der Waals surface area (Å²) in [5, 5.41) is 17.4. The second-order valence-electron chi connectivity index (χ2n) is 7.63. The van der Waals surface area contributed by atoms with E-state index in [0.29, 0.717) is 22.0 Å². The number of hydrogen-bond donors (Lipinski definition) is 1. The summed E-state index contributed by atoms with van der Waals surface area (Å²) in [5.41, 5.74) is 3.81. The van der Waals surface area contributed by atoms with Gasteiger partial charge in [-0.05, 0) is 36.4 Å². The molecule has 0 spiro atoms. The lowest BCUT2D eigenvalue weighted by Crippen LogP contribution is -2.29. The number of thioether (sulfide) groups is 1. The normalized spacial score (nSPS) is 12.7. The fourth-order valence-corrected chi connectivity index (χ4v) is 5.17. The number of aromatic nitrogens is 2. The zero-order chi connectivity index (χ0) is 23.7. The van der Waals surface area contributed by atoms with Crippen molar-refractivity contribution in [2.24, 2.45) is 5.92 Å². The van der Waals surface area contributed by atoms with Crippen molar-refractivity contribution in [2.45, 2.75) is 10.6 Å². The Kier molecular flexibility index (Phi) is 5.93. The molecular weight excluding hydrogens is 468 g/mol. The van der Waals surface area contributed by atoms with E-state index in [1.54, 1.807) is 40.7 Å². The lowest BCUT2D eigenvalue weighted by molar-refractivity contribution is -0.117. The van der Waals surface area contributed by atoms with Crippen LogP contribution >= 0.6 is 23.4 Å². The molecule has 1 atom stereocenters. The minimum absolute atomic E-state index is 0.133. The van der Waals surface area contributed by atoms with Gasteiger partial charge in [0, 0.05) is 32.5 Å². The van der Waals surface area contributed by atoms with Gasteiger partial charge in [-0.1, -0.05) is 54.1 Å². The summed E-state index contributed by atoms with van der Waals surface area (Å²) >= 11 is 7.58. The van der Waals surface area contributed by atoms with Crippen molar-refractivity contribution >= 4 is 40.7 Å². The molecule has 1 aromatic heterocycles. The lowest BCUT2D eigenvalue weighted by Gasteiger charge is -2.18. The number of nitriles is 1. The molecule has 1 aliphatic heterocycles. The molecule has 34 heavy (non-hydrogen) atoms. The van der Waals surface area contributed by atoms with Crippen molar-refractivity contribution in [3.8, 4) is 23.0 Å². The fourth-order valence-electron chi connectivity index (χ4n) is 3.91. The Balaban J connectivity index is 1.57. The number of halogens is 1. The first-order valence-electron chi connectivity index (χ1n) is 10.5. The number of rotatable bonds is 5. The van der Waals surface area contributed by atoms with Crippen LogP contribution in [0.2, 0.25) is 5.02 Å². The summed E-state index contributed by atoms with van der Waals surface area (Å²) in [6.45, 7) is 0. The molecule has 8 heteroatoms. The third-order valence-corrected chi connectivity index (χ3v) is 6.81. The monoisotopic (exact) mass is 484 g/mol. The smallest absolute Gasteiger partial charge is 0.249 e. The summed E-state index contributed by atoms with van der Waals surface area (Å²) in [5.74, 6) is -2.40. The van der Waals surface area contributed by atoms with E-state index >= 15 is 0 Å². The second kappa shape index (κ2) is 9.18. The number of nitrogens with one attached hydrogen (secondary N) is 1. The van der Waals surface area contributed by atoms with Gasteiger partial charge in [-0.15, -0.1) is 11.8 Å². The number of hydrogen-bond acceptors (Lipinski definition) is 5. The van der Waals surface area contributed by atoms with Gasteiger partial charge in [0.05, 0.1) is 17.5 Å². The largest absolute Gasteiger partial charge is 0.324 e. The number of ketones is 1. The number of para-hydroxylation sites is 1. The van der Waals surface area contributed by atoms with Gasteiger partial charge >= 0.3 is 0 Å². The molecular formula is C26H17ClN4O2S. The number of Topliss-reactive ketones (excluding diaryl/α,β-unsaturated/α-hetero) is 1. The number of amides is 1. The minimum atomic E-state index is -1.55. The SMILES string of the molecule is N#CC(C(=O)Nc1cccc(Cl)c1)C(=O)c1nn(-c2ccccc2)c2c1CSc1ccccc1-2. The van der Waals surface area contributed by atoms with Crippen molar-refractivity contribution < 1.29 is 9.59 Å². The summed E-state index contributed by atoms with van der Waals surface area (Å²) in [4.78, 5) is 27.5. The third-order valence-electron chi connectivity index (χ3n) is 5.48. The Bertz CT molecular complexity index is 1460. The summed E-state index contributed by atoms with van der Waals surface area (Å²) < 4.78 is 1.73. The number of carbonyl (C=O) groups excluding carboxylic acids is 2. The van der Waals surface area contributed by atoms with E-state index in [1.807, 2.05) is 60.7 Å². The van der Waals surface area contributed by atoms with Crippen LogP contribution in [0.3, 0.4) is 0 Å². The highest BCUT2D eigenvalue weighted by Crippen LogP contribution is 2.44. The quantitative estimate of drug-likeness (QED) is 0.287. The standard InChI is InChI=1S/C26H17ClN4O2S/c27-16-7-6-8-17(13-16)29-26(33)20(14-28)25(32)23-21-15-34-22-12-5-4-11-19(22)24(21)31(30-23)18-9-2-1-3-10-18/h1-13,20H,15H2,(H,29,33). The molecule has 1 aliphatic rings. The van der Waals surface area contributed by atoms with E-state index in [2.05, 4.69) is 10.4 Å². The van der Waals surface area contributed by atoms with Gasteiger partial charge in [-0.25, -0.2) is 4.68 Å². The number of nitrogens with zero attached hydrogens (tertiary/aromatic N) is 3. The molecule has 6 nitrogen and oxygen atoms in total. The summed E-state index contributed by atoms with van der Waals surface area (Å²) in [6, 6.07) is 25.8. The molecule has 2 heterocycles. The predicted molar refractivity (Wildman–Crippen MR) is 132 cm³/mol. The predicted octanol–water partition coefficient (Wildman–Crippen LogP) is 5.76. The van der Waals surface area contributed by atoms with Crippen LogP contribution in [0.25, 0.3) is 16.9 Å². The van der Waals surface area contributed by atoms with Gasteiger partial charge < -0.3 is 5.32 Å². The maximum absolute atomic E-state index is 13.5. The van der Waals surface area contributed by atoms with Crippen LogP contribution in [0.15, 0.2) is 83.8 Å². The van der Waals surface area contributed by atoms with Crippen molar-refractivity contribution in [1.82, 2.24) is 9.78 Å². The van der Waals surface area contributed by atoms with Gasteiger partial charge in [0.1, 0.15) is 5.69 Å². The average molecular weight is 485 g/mol. The van der Waals surface area contributed by atoms with E-state index in [4.69, 9.17) is 11.6 Å². The molecule has 166 valence electrons. The zero-order valence-corrected chi connectivity index (χ0v) is 19.3. The zero-order valence-electron chi connectivity index (χ0n) is 17.7. The van der Waals surface area contributed by atoms with Crippen LogP contribution < -0.4 is 5.32 Å². The molecule has 0 bridgehead atoms. The van der Waals surface area contributed by atoms with Gasteiger partial charge in [0.25, 0.3) is 0 Å². The fraction of sp³-hybridized carbons (Fsp3) is 0.0769. The van der Waals surface area contributed by atoms with Crippen molar-refractivity contribution in [3.05, 3.63) is 95.1 Å². The van der Waals surface area contributed by atoms with E-state index in [-0.39, 0.29) is 5.69 Å². The Labute approximate surface area is 205 Å². The molecule has 0 saturated heterocycles. The van der Waals surface area contributed by atoms with Gasteiger partial charge in [-0.3, -0.25) is 9.59 Å². The van der Waals surface area contributed by atoms with Crippen LogP contribution in [-0.2, 0) is 10.5 Å². The molecule has 1 amide bonds. The first-order chi connectivity index (χ1) is 16.6. The molecule has 0 radical (unpaired) electrons. The molecule has 1 N–H and O–H groups in total.